The molecule has 0 aliphatic heterocycles. The maximum atomic E-state index is 13.3. The summed E-state index contributed by atoms with van der Waals surface area (Å²) in [6, 6.07) is 8.49. The normalized spacial score (nSPS) is 15.7. The van der Waals surface area contributed by atoms with Crippen molar-refractivity contribution in [1.29, 1.82) is 0 Å². The summed E-state index contributed by atoms with van der Waals surface area (Å²) in [4.78, 5) is 24.9. The summed E-state index contributed by atoms with van der Waals surface area (Å²) in [5, 5.41) is 2.13. The van der Waals surface area contributed by atoms with Crippen molar-refractivity contribution in [1.82, 2.24) is 14.5 Å². The highest BCUT2D eigenvalue weighted by atomic mass is 32.2. The molecule has 3 heterocycles. The Morgan fingerprint density at radius 3 is 2.76 bits per heavy atom. The summed E-state index contributed by atoms with van der Waals surface area (Å²) in [5.41, 5.74) is 7.92. The molecule has 1 aliphatic rings. The van der Waals surface area contributed by atoms with E-state index in [0.29, 0.717) is 5.75 Å². The van der Waals surface area contributed by atoms with Crippen molar-refractivity contribution in [2.24, 2.45) is 5.92 Å². The molecule has 0 amide bonds. The van der Waals surface area contributed by atoms with Crippen molar-refractivity contribution in [2.75, 3.05) is 5.75 Å². The third-order valence-electron chi connectivity index (χ3n) is 6.88. The van der Waals surface area contributed by atoms with Crippen LogP contribution in [0.1, 0.15) is 56.7 Å². The number of thioether (sulfide) groups is 1. The number of Topliss-reactive ketones (excluding diaryl/α,β-unsaturated/α-hetero) is 1. The van der Waals surface area contributed by atoms with Crippen LogP contribution in [0.3, 0.4) is 0 Å². The largest absolute Gasteiger partial charge is 0.318 e. The first kappa shape index (κ1) is 22.4. The second-order valence-corrected chi connectivity index (χ2v) is 11.4. The van der Waals surface area contributed by atoms with E-state index in [2.05, 4.69) is 60.4 Å². The monoisotopic (exact) mass is 475 g/mol. The number of benzene rings is 1. The van der Waals surface area contributed by atoms with Gasteiger partial charge in [0.2, 0.25) is 0 Å². The van der Waals surface area contributed by atoms with Gasteiger partial charge in [-0.25, -0.2) is 9.97 Å². The van der Waals surface area contributed by atoms with Gasteiger partial charge in [0.15, 0.2) is 5.78 Å². The van der Waals surface area contributed by atoms with Gasteiger partial charge in [0, 0.05) is 32.9 Å². The van der Waals surface area contributed by atoms with Crippen LogP contribution in [0, 0.1) is 33.6 Å². The number of nitrogens with zero attached hydrogens (tertiary/aromatic N) is 3. The Morgan fingerprint density at radius 2 is 1.97 bits per heavy atom. The van der Waals surface area contributed by atoms with E-state index in [9.17, 15) is 4.79 Å². The zero-order valence-corrected chi connectivity index (χ0v) is 21.5. The fraction of sp³-hybridized carbons (Fsp3) is 0.370. The average Bonchev–Trinajstić information content (AvgIpc) is 3.30. The number of fused-ring (bicyclic) bond motifs is 3. The molecular weight excluding hydrogens is 446 g/mol. The zero-order chi connectivity index (χ0) is 23.3. The molecule has 3 aromatic heterocycles. The molecule has 6 heteroatoms. The maximum Gasteiger partial charge on any atom is 0.174 e. The molecule has 33 heavy (non-hydrogen) atoms. The quantitative estimate of drug-likeness (QED) is 0.181. The minimum Gasteiger partial charge on any atom is -0.318 e. The van der Waals surface area contributed by atoms with E-state index < -0.39 is 0 Å². The lowest BCUT2D eigenvalue weighted by atomic mass is 9.89. The Hall–Kier alpha value is -2.44. The van der Waals surface area contributed by atoms with Crippen molar-refractivity contribution >= 4 is 39.1 Å². The minimum absolute atomic E-state index is 0.146. The Morgan fingerprint density at radius 1 is 1.15 bits per heavy atom. The van der Waals surface area contributed by atoms with Gasteiger partial charge >= 0.3 is 0 Å². The topological polar surface area (TPSA) is 47.8 Å². The first-order chi connectivity index (χ1) is 15.8. The average molecular weight is 476 g/mol. The summed E-state index contributed by atoms with van der Waals surface area (Å²) < 4.78 is 2.18. The molecular formula is C27H29N3OS2. The van der Waals surface area contributed by atoms with E-state index in [1.807, 2.05) is 13.0 Å². The van der Waals surface area contributed by atoms with E-state index in [1.165, 1.54) is 33.4 Å². The summed E-state index contributed by atoms with van der Waals surface area (Å²) in [6.07, 6.45) is 5.07. The molecule has 0 bridgehead atoms. The fourth-order valence-electron chi connectivity index (χ4n) is 4.87. The number of rotatable bonds is 5. The number of thiophene rings is 1. The molecule has 0 saturated heterocycles. The van der Waals surface area contributed by atoms with Gasteiger partial charge in [0.25, 0.3) is 0 Å². The molecule has 5 rings (SSSR count). The number of aryl methyl sites for hydroxylation is 4. The van der Waals surface area contributed by atoms with Crippen LogP contribution in [-0.2, 0) is 12.8 Å². The van der Waals surface area contributed by atoms with Crippen LogP contribution in [0.5, 0.6) is 0 Å². The Bertz CT molecular complexity index is 1380. The van der Waals surface area contributed by atoms with Crippen LogP contribution in [-0.4, -0.2) is 26.1 Å². The van der Waals surface area contributed by atoms with Gasteiger partial charge in [-0.1, -0.05) is 24.8 Å². The molecule has 0 radical (unpaired) electrons. The lowest BCUT2D eigenvalue weighted by molar-refractivity contribution is 0.102. The van der Waals surface area contributed by atoms with Gasteiger partial charge in [-0.05, 0) is 87.8 Å². The van der Waals surface area contributed by atoms with Crippen molar-refractivity contribution in [3.63, 3.8) is 0 Å². The molecule has 1 aromatic carbocycles. The van der Waals surface area contributed by atoms with Gasteiger partial charge in [0.05, 0.1) is 5.75 Å². The van der Waals surface area contributed by atoms with Crippen LogP contribution in [0.2, 0.25) is 0 Å². The van der Waals surface area contributed by atoms with Gasteiger partial charge in [0.1, 0.15) is 16.2 Å². The van der Waals surface area contributed by atoms with Gasteiger partial charge in [-0.15, -0.1) is 11.3 Å². The standard InChI is InChI=1S/C27H29N3OS2/c1-15-6-9-21-24(10-15)33-27-25(21)26(28-14-29-27)32-13-23(31)22-12-18(4)30(19(22)5)20-8-7-16(2)17(3)11-20/h7-8,11-12,14-15H,6,9-10,13H2,1-5H3. The van der Waals surface area contributed by atoms with Gasteiger partial charge < -0.3 is 4.57 Å². The molecule has 0 N–H and O–H groups in total. The predicted octanol–water partition coefficient (Wildman–Crippen LogP) is 6.82. The van der Waals surface area contributed by atoms with E-state index in [0.717, 1.165) is 51.3 Å². The van der Waals surface area contributed by atoms with E-state index >= 15 is 0 Å². The number of aromatic nitrogens is 3. The number of hydrogen-bond acceptors (Lipinski definition) is 5. The maximum absolute atomic E-state index is 13.3. The number of ketones is 1. The van der Waals surface area contributed by atoms with E-state index in [4.69, 9.17) is 0 Å². The number of carbonyl (C=O) groups excluding carboxylic acids is 1. The molecule has 0 spiro atoms. The molecule has 4 aromatic rings. The van der Waals surface area contributed by atoms with Crippen molar-refractivity contribution in [2.45, 2.75) is 58.9 Å². The highest BCUT2D eigenvalue weighted by Gasteiger charge is 2.24. The summed E-state index contributed by atoms with van der Waals surface area (Å²) in [6.45, 7) is 10.7. The summed E-state index contributed by atoms with van der Waals surface area (Å²) in [7, 11) is 0. The van der Waals surface area contributed by atoms with Crippen molar-refractivity contribution < 1.29 is 4.79 Å². The van der Waals surface area contributed by atoms with Crippen molar-refractivity contribution in [3.05, 3.63) is 69.1 Å². The number of carbonyl (C=O) groups is 1. The molecule has 0 fully saturated rings. The first-order valence-electron chi connectivity index (χ1n) is 11.5. The molecule has 4 nitrogen and oxygen atoms in total. The second kappa shape index (κ2) is 8.73. The highest BCUT2D eigenvalue weighted by molar-refractivity contribution is 8.00. The lowest BCUT2D eigenvalue weighted by Crippen LogP contribution is -2.09. The summed E-state index contributed by atoms with van der Waals surface area (Å²) in [5.74, 6) is 1.25. The predicted molar refractivity (Wildman–Crippen MR) is 138 cm³/mol. The third-order valence-corrected chi connectivity index (χ3v) is 9.03. The molecule has 0 saturated carbocycles. The fourth-order valence-corrected chi connectivity index (χ4v) is 7.20. The van der Waals surface area contributed by atoms with Crippen molar-refractivity contribution in [3.8, 4) is 5.69 Å². The second-order valence-electron chi connectivity index (χ2n) is 9.31. The minimum atomic E-state index is 0.146. The van der Waals surface area contributed by atoms with E-state index in [1.54, 1.807) is 29.4 Å². The van der Waals surface area contributed by atoms with Crippen LogP contribution < -0.4 is 0 Å². The first-order valence-corrected chi connectivity index (χ1v) is 13.3. The van der Waals surface area contributed by atoms with Gasteiger partial charge in [-0.3, -0.25) is 4.79 Å². The zero-order valence-electron chi connectivity index (χ0n) is 19.9. The van der Waals surface area contributed by atoms with Crippen LogP contribution >= 0.6 is 23.1 Å². The molecule has 1 atom stereocenters. The van der Waals surface area contributed by atoms with Gasteiger partial charge in [-0.2, -0.15) is 0 Å². The number of hydrogen-bond donors (Lipinski definition) is 0. The summed E-state index contributed by atoms with van der Waals surface area (Å²) >= 11 is 3.35. The Balaban J connectivity index is 1.41. The lowest BCUT2D eigenvalue weighted by Gasteiger charge is -2.18. The Labute approximate surface area is 203 Å². The van der Waals surface area contributed by atoms with Crippen LogP contribution in [0.4, 0.5) is 0 Å². The molecule has 170 valence electrons. The van der Waals surface area contributed by atoms with Crippen LogP contribution in [0.25, 0.3) is 15.9 Å². The third kappa shape index (κ3) is 4.04. The van der Waals surface area contributed by atoms with E-state index in [-0.39, 0.29) is 5.78 Å². The Kier molecular flexibility index (Phi) is 5.91. The molecule has 1 unspecified atom stereocenters. The highest BCUT2D eigenvalue weighted by Crippen LogP contribution is 2.40. The SMILES string of the molecule is Cc1ccc(-n2c(C)cc(C(=O)CSc3ncnc4sc5c(c34)CCC(C)C5)c2C)cc1C. The smallest absolute Gasteiger partial charge is 0.174 e. The van der Waals surface area contributed by atoms with Crippen LogP contribution in [0.15, 0.2) is 35.6 Å². The molecule has 1 aliphatic carbocycles.